The number of carbonyl (C=O) groups is 1. The SMILES string of the molecule is CCCCCCCCCC[13CH2][13C](=O)O[C@H]1CC[C@@]2(C)C(=CC[C@H]3[C@@H]4CC[C@H]([C@H](C)CCCC(C)C)[C@@]4(C)CC[C@@H]32)C1. The molecule has 4 rings (SSSR count). The number of hydrogen-bond donors (Lipinski definition) is 0. The van der Waals surface area contributed by atoms with Crippen LogP contribution in [0.3, 0.4) is 0 Å². The second kappa shape index (κ2) is 15.3. The Labute approximate surface area is 255 Å². The molecule has 0 aromatic heterocycles. The molecule has 4 aliphatic carbocycles. The van der Waals surface area contributed by atoms with Crippen LogP contribution in [-0.2, 0) is 9.53 Å². The highest BCUT2D eigenvalue weighted by atomic mass is 16.6. The molecule has 41 heavy (non-hydrogen) atoms. The van der Waals surface area contributed by atoms with Crippen molar-refractivity contribution in [2.75, 3.05) is 0 Å². The summed E-state index contributed by atoms with van der Waals surface area (Å²) in [6.07, 6.45) is 29.6. The predicted molar refractivity (Wildman–Crippen MR) is 175 cm³/mol. The van der Waals surface area contributed by atoms with Crippen molar-refractivity contribution in [3.05, 3.63) is 11.6 Å². The molecule has 0 aromatic carbocycles. The van der Waals surface area contributed by atoms with Crippen LogP contribution in [0.4, 0.5) is 0 Å². The first-order chi connectivity index (χ1) is 19.7. The van der Waals surface area contributed by atoms with Gasteiger partial charge in [0, 0.05) is 12.8 Å². The minimum Gasteiger partial charge on any atom is -0.462 e. The van der Waals surface area contributed by atoms with Crippen LogP contribution in [0.15, 0.2) is 11.6 Å². The molecule has 2 nitrogen and oxygen atoms in total. The number of rotatable bonds is 16. The fraction of sp³-hybridized carbons (Fsp3) is 0.923. The quantitative estimate of drug-likeness (QED) is 0.0798. The lowest BCUT2D eigenvalue weighted by molar-refractivity contribution is -0.151. The maximum Gasteiger partial charge on any atom is 0.306 e. The summed E-state index contributed by atoms with van der Waals surface area (Å²) in [5.41, 5.74) is 2.54. The predicted octanol–water partition coefficient (Wildman–Crippen LogP) is 11.9. The Hall–Kier alpha value is -0.790. The minimum atomic E-state index is 0.0591. The molecule has 0 amide bonds. The van der Waals surface area contributed by atoms with Crippen LogP contribution in [0.1, 0.15) is 176 Å². The van der Waals surface area contributed by atoms with Crippen molar-refractivity contribution in [1.82, 2.24) is 0 Å². The van der Waals surface area contributed by atoms with E-state index in [-0.39, 0.29) is 12.1 Å². The van der Waals surface area contributed by atoms with Gasteiger partial charge in [-0.05, 0) is 97.7 Å². The van der Waals surface area contributed by atoms with Crippen molar-refractivity contribution >= 4 is 5.97 Å². The molecule has 236 valence electrons. The molecular formula is C39H68O2. The third-order valence-electron chi connectivity index (χ3n) is 13.0. The van der Waals surface area contributed by atoms with E-state index in [1.807, 2.05) is 0 Å². The Morgan fingerprint density at radius 2 is 1.56 bits per heavy atom. The highest BCUT2D eigenvalue weighted by Crippen LogP contribution is 2.67. The van der Waals surface area contributed by atoms with Gasteiger partial charge in [0.1, 0.15) is 6.10 Å². The molecule has 0 spiro atoms. The zero-order valence-corrected chi connectivity index (χ0v) is 28.3. The summed E-state index contributed by atoms with van der Waals surface area (Å²) < 4.78 is 6.09. The van der Waals surface area contributed by atoms with Gasteiger partial charge in [0.2, 0.25) is 0 Å². The van der Waals surface area contributed by atoms with Gasteiger partial charge in [-0.2, -0.15) is 0 Å². The summed E-state index contributed by atoms with van der Waals surface area (Å²) in [5.74, 6) is 5.34. The molecule has 0 radical (unpaired) electrons. The largest absolute Gasteiger partial charge is 0.462 e. The van der Waals surface area contributed by atoms with Gasteiger partial charge < -0.3 is 4.74 Å². The zero-order chi connectivity index (χ0) is 29.5. The fourth-order valence-corrected chi connectivity index (χ4v) is 10.6. The maximum atomic E-state index is 12.7. The zero-order valence-electron chi connectivity index (χ0n) is 28.3. The van der Waals surface area contributed by atoms with E-state index in [0.717, 1.165) is 54.8 Å². The molecule has 0 aromatic rings. The number of fused-ring (bicyclic) bond motifs is 5. The maximum absolute atomic E-state index is 12.7. The van der Waals surface area contributed by atoms with E-state index in [9.17, 15) is 4.79 Å². The van der Waals surface area contributed by atoms with Crippen molar-refractivity contribution in [2.45, 2.75) is 182 Å². The Balaban J connectivity index is 1.24. The van der Waals surface area contributed by atoms with Crippen molar-refractivity contribution < 1.29 is 9.53 Å². The van der Waals surface area contributed by atoms with E-state index in [1.165, 1.54) is 109 Å². The highest BCUT2D eigenvalue weighted by Gasteiger charge is 2.59. The number of carbonyl (C=O) groups excluding carboxylic acids is 1. The normalized spacial score (nSPS) is 35.4. The van der Waals surface area contributed by atoms with Crippen LogP contribution in [0.2, 0.25) is 0 Å². The fourth-order valence-electron chi connectivity index (χ4n) is 10.6. The molecular weight excluding hydrogens is 502 g/mol. The molecule has 3 fully saturated rings. The molecule has 0 heterocycles. The second-order valence-corrected chi connectivity index (χ2v) is 16.2. The Bertz CT molecular complexity index is 843. The summed E-state index contributed by atoms with van der Waals surface area (Å²) >= 11 is 0. The Morgan fingerprint density at radius 1 is 0.854 bits per heavy atom. The second-order valence-electron chi connectivity index (χ2n) is 16.2. The lowest BCUT2D eigenvalue weighted by atomic mass is 9.47. The first kappa shape index (κ1) is 33.1. The van der Waals surface area contributed by atoms with Crippen molar-refractivity contribution in [3.8, 4) is 0 Å². The van der Waals surface area contributed by atoms with Gasteiger partial charge in [-0.1, -0.05) is 124 Å². The van der Waals surface area contributed by atoms with E-state index in [2.05, 4.69) is 47.6 Å². The van der Waals surface area contributed by atoms with E-state index in [4.69, 9.17) is 4.74 Å². The van der Waals surface area contributed by atoms with Gasteiger partial charge in [-0.25, -0.2) is 0 Å². The number of esters is 1. The van der Waals surface area contributed by atoms with Crippen LogP contribution in [-0.4, -0.2) is 12.1 Å². The highest BCUT2D eigenvalue weighted by molar-refractivity contribution is 5.69. The average Bonchev–Trinajstić information content (AvgIpc) is 3.29. The first-order valence-electron chi connectivity index (χ1n) is 18.6. The number of unbranched alkanes of at least 4 members (excludes halogenated alkanes) is 8. The van der Waals surface area contributed by atoms with Crippen molar-refractivity contribution in [3.63, 3.8) is 0 Å². The van der Waals surface area contributed by atoms with E-state index < -0.39 is 0 Å². The number of allylic oxidation sites excluding steroid dienone is 1. The Morgan fingerprint density at radius 3 is 2.27 bits per heavy atom. The van der Waals surface area contributed by atoms with E-state index >= 15 is 0 Å². The monoisotopic (exact) mass is 571 g/mol. The average molecular weight is 571 g/mol. The van der Waals surface area contributed by atoms with Gasteiger partial charge in [0.05, 0.1) is 0 Å². The lowest BCUT2D eigenvalue weighted by Crippen LogP contribution is -2.51. The van der Waals surface area contributed by atoms with Crippen LogP contribution in [0, 0.1) is 46.3 Å². The summed E-state index contributed by atoms with van der Waals surface area (Å²) in [6.45, 7) is 14.9. The van der Waals surface area contributed by atoms with Gasteiger partial charge >= 0.3 is 5.97 Å². The smallest absolute Gasteiger partial charge is 0.306 e. The number of ether oxygens (including phenoxy) is 1. The summed E-state index contributed by atoms with van der Waals surface area (Å²) in [6, 6.07) is 0. The third kappa shape index (κ3) is 8.03. The number of hydrogen-bond acceptors (Lipinski definition) is 2. The van der Waals surface area contributed by atoms with Crippen molar-refractivity contribution in [1.29, 1.82) is 0 Å². The molecule has 3 saturated carbocycles. The molecule has 0 aliphatic heterocycles. The van der Waals surface area contributed by atoms with E-state index in [0.29, 0.717) is 17.3 Å². The summed E-state index contributed by atoms with van der Waals surface area (Å²) in [4.78, 5) is 12.7. The molecule has 0 saturated heterocycles. The standard InChI is InChI=1S/C39H68O2/c1-7-8-9-10-11-12-13-14-15-19-37(40)41-32-24-26-38(5)31(28-32)20-21-33-35-23-22-34(30(4)18-16-17-29(2)3)39(35,6)27-25-36(33)38/h20,29-30,32-36H,7-19,21-28H2,1-6H3/t30-,32+,33+,34-,35+,36+,38+,39-/m1/s1/i19+1,37+1. The van der Waals surface area contributed by atoms with Gasteiger partial charge in [-0.3, -0.25) is 4.79 Å². The van der Waals surface area contributed by atoms with Crippen molar-refractivity contribution in [2.24, 2.45) is 46.3 Å². The van der Waals surface area contributed by atoms with Crippen LogP contribution in [0.25, 0.3) is 0 Å². The summed E-state index contributed by atoms with van der Waals surface area (Å²) in [7, 11) is 0. The third-order valence-corrected chi connectivity index (χ3v) is 13.0. The molecule has 0 unspecified atom stereocenters. The summed E-state index contributed by atoms with van der Waals surface area (Å²) in [5, 5.41) is 0. The van der Waals surface area contributed by atoms with Crippen LogP contribution in [0.5, 0.6) is 0 Å². The van der Waals surface area contributed by atoms with Gasteiger partial charge in [0.25, 0.3) is 0 Å². The van der Waals surface area contributed by atoms with E-state index in [1.54, 1.807) is 5.57 Å². The van der Waals surface area contributed by atoms with Gasteiger partial charge in [0.15, 0.2) is 0 Å². The van der Waals surface area contributed by atoms with Crippen LogP contribution < -0.4 is 0 Å². The van der Waals surface area contributed by atoms with Crippen LogP contribution >= 0.6 is 0 Å². The molecule has 0 bridgehead atoms. The molecule has 0 N–H and O–H groups in total. The first-order valence-corrected chi connectivity index (χ1v) is 18.6. The Kier molecular flexibility index (Phi) is 12.3. The molecule has 2 heteroatoms. The molecule has 4 aliphatic rings. The molecule has 8 atom stereocenters. The minimum absolute atomic E-state index is 0.0591. The van der Waals surface area contributed by atoms with Gasteiger partial charge in [-0.15, -0.1) is 0 Å². The lowest BCUT2D eigenvalue weighted by Gasteiger charge is -2.58. The topological polar surface area (TPSA) is 26.3 Å².